The zero-order valence-corrected chi connectivity index (χ0v) is 13.3. The molecule has 0 radical (unpaired) electrons. The zero-order valence-electron chi connectivity index (χ0n) is 13.3. The number of rotatable bonds is 6. The van der Waals surface area contributed by atoms with Gasteiger partial charge in [-0.3, -0.25) is 0 Å². The van der Waals surface area contributed by atoms with Crippen LogP contribution in [0.2, 0.25) is 0 Å². The standard InChI is InChI=1S/C17H24N2O2/c1-5-12(6-2)11(4)19-14-10-8-9-13(17(20)21)16(14)18-15(19)7-3/h8-12H,5-7H2,1-4H3,(H,20,21). The molecule has 114 valence electrons. The molecule has 0 saturated carbocycles. The van der Waals surface area contributed by atoms with E-state index in [-0.39, 0.29) is 5.56 Å². The maximum atomic E-state index is 11.4. The van der Waals surface area contributed by atoms with Gasteiger partial charge in [0.15, 0.2) is 0 Å². The molecule has 0 amide bonds. The first kappa shape index (κ1) is 15.5. The molecule has 0 aliphatic rings. The smallest absolute Gasteiger partial charge is 0.337 e. The second kappa shape index (κ2) is 6.29. The lowest BCUT2D eigenvalue weighted by atomic mass is 9.95. The number of aryl methyl sites for hydroxylation is 1. The average molecular weight is 288 g/mol. The van der Waals surface area contributed by atoms with Gasteiger partial charge in [-0.1, -0.05) is 39.7 Å². The highest BCUT2D eigenvalue weighted by molar-refractivity contribution is 6.01. The average Bonchev–Trinajstić information content (AvgIpc) is 2.86. The number of benzene rings is 1. The molecule has 0 spiro atoms. The molecule has 2 rings (SSSR count). The molecule has 1 atom stereocenters. The summed E-state index contributed by atoms with van der Waals surface area (Å²) in [6.45, 7) is 8.69. The number of carbonyl (C=O) groups is 1. The number of imidazole rings is 1. The van der Waals surface area contributed by atoms with Crippen LogP contribution in [0, 0.1) is 5.92 Å². The van der Waals surface area contributed by atoms with E-state index < -0.39 is 5.97 Å². The predicted molar refractivity (Wildman–Crippen MR) is 84.9 cm³/mol. The van der Waals surface area contributed by atoms with Crippen LogP contribution in [-0.4, -0.2) is 20.6 Å². The molecule has 0 fully saturated rings. The molecule has 1 aromatic carbocycles. The third-order valence-corrected chi connectivity index (χ3v) is 4.48. The Labute approximate surface area is 125 Å². The van der Waals surface area contributed by atoms with Crippen molar-refractivity contribution in [1.29, 1.82) is 0 Å². The van der Waals surface area contributed by atoms with Crippen LogP contribution in [0.1, 0.15) is 62.8 Å². The summed E-state index contributed by atoms with van der Waals surface area (Å²) < 4.78 is 2.24. The Balaban J connectivity index is 2.67. The Kier molecular flexibility index (Phi) is 4.66. The highest BCUT2D eigenvalue weighted by atomic mass is 16.4. The quantitative estimate of drug-likeness (QED) is 0.862. The number of hydrogen-bond donors (Lipinski definition) is 1. The first-order valence-corrected chi connectivity index (χ1v) is 7.78. The fraction of sp³-hybridized carbons (Fsp3) is 0.529. The molecular weight excluding hydrogens is 264 g/mol. The maximum Gasteiger partial charge on any atom is 0.337 e. The molecule has 1 aromatic heterocycles. The van der Waals surface area contributed by atoms with Crippen LogP contribution in [0.5, 0.6) is 0 Å². The fourth-order valence-electron chi connectivity index (χ4n) is 3.22. The van der Waals surface area contributed by atoms with Crippen molar-refractivity contribution < 1.29 is 9.90 Å². The number of aromatic carboxylic acids is 1. The molecule has 2 aromatic rings. The third kappa shape index (κ3) is 2.67. The van der Waals surface area contributed by atoms with E-state index >= 15 is 0 Å². The van der Waals surface area contributed by atoms with Crippen molar-refractivity contribution in [2.45, 2.75) is 53.0 Å². The van der Waals surface area contributed by atoms with Crippen LogP contribution in [0.4, 0.5) is 0 Å². The minimum absolute atomic E-state index is 0.290. The normalized spacial score (nSPS) is 13.0. The number of carboxylic acid groups (broad SMARTS) is 1. The predicted octanol–water partition coefficient (Wildman–Crippen LogP) is 4.29. The molecular formula is C17H24N2O2. The summed E-state index contributed by atoms with van der Waals surface area (Å²) in [4.78, 5) is 16.0. The van der Waals surface area contributed by atoms with Gasteiger partial charge in [-0.15, -0.1) is 0 Å². The van der Waals surface area contributed by atoms with Crippen LogP contribution in [0.15, 0.2) is 18.2 Å². The summed E-state index contributed by atoms with van der Waals surface area (Å²) in [5, 5.41) is 9.35. The van der Waals surface area contributed by atoms with Crippen molar-refractivity contribution in [3.05, 3.63) is 29.6 Å². The highest BCUT2D eigenvalue weighted by Gasteiger charge is 2.22. The molecule has 1 unspecified atom stereocenters. The summed E-state index contributed by atoms with van der Waals surface area (Å²) in [6, 6.07) is 5.74. The molecule has 0 saturated heterocycles. The molecule has 21 heavy (non-hydrogen) atoms. The SMILES string of the molecule is CCc1nc2c(C(=O)O)cccc2n1C(C)C(CC)CC. The van der Waals surface area contributed by atoms with Crippen molar-refractivity contribution in [2.24, 2.45) is 5.92 Å². The van der Waals surface area contributed by atoms with E-state index in [4.69, 9.17) is 0 Å². The first-order valence-electron chi connectivity index (χ1n) is 7.78. The number of fused-ring (bicyclic) bond motifs is 1. The Morgan fingerprint density at radius 1 is 1.29 bits per heavy atom. The third-order valence-electron chi connectivity index (χ3n) is 4.48. The molecule has 1 N–H and O–H groups in total. The zero-order chi connectivity index (χ0) is 15.6. The van der Waals surface area contributed by atoms with Crippen molar-refractivity contribution in [3.63, 3.8) is 0 Å². The van der Waals surface area contributed by atoms with Gasteiger partial charge in [0.1, 0.15) is 11.3 Å². The van der Waals surface area contributed by atoms with Gasteiger partial charge in [-0.25, -0.2) is 9.78 Å². The number of para-hydroxylation sites is 1. The van der Waals surface area contributed by atoms with E-state index in [9.17, 15) is 9.90 Å². The van der Waals surface area contributed by atoms with E-state index in [1.807, 2.05) is 12.1 Å². The van der Waals surface area contributed by atoms with Gasteiger partial charge in [0.2, 0.25) is 0 Å². The van der Waals surface area contributed by atoms with E-state index in [0.717, 1.165) is 30.6 Å². The van der Waals surface area contributed by atoms with E-state index in [1.54, 1.807) is 6.07 Å². The van der Waals surface area contributed by atoms with Crippen molar-refractivity contribution in [1.82, 2.24) is 9.55 Å². The summed E-state index contributed by atoms with van der Waals surface area (Å²) in [5.41, 5.74) is 1.84. The van der Waals surface area contributed by atoms with Gasteiger partial charge in [0.25, 0.3) is 0 Å². The summed E-state index contributed by atoms with van der Waals surface area (Å²) in [7, 11) is 0. The molecule has 1 heterocycles. The highest BCUT2D eigenvalue weighted by Crippen LogP contribution is 2.31. The Hall–Kier alpha value is -1.84. The second-order valence-corrected chi connectivity index (χ2v) is 5.55. The minimum atomic E-state index is -0.914. The summed E-state index contributed by atoms with van der Waals surface area (Å²) >= 11 is 0. The second-order valence-electron chi connectivity index (χ2n) is 5.55. The molecule has 4 nitrogen and oxygen atoms in total. The summed E-state index contributed by atoms with van der Waals surface area (Å²) in [5.74, 6) is 0.627. The Morgan fingerprint density at radius 2 is 1.95 bits per heavy atom. The largest absolute Gasteiger partial charge is 0.478 e. The van der Waals surface area contributed by atoms with Crippen LogP contribution in [0.3, 0.4) is 0 Å². The maximum absolute atomic E-state index is 11.4. The molecule has 0 aliphatic carbocycles. The van der Waals surface area contributed by atoms with E-state index in [1.165, 1.54) is 0 Å². The monoisotopic (exact) mass is 288 g/mol. The molecule has 0 aliphatic heterocycles. The topological polar surface area (TPSA) is 55.1 Å². The lowest BCUT2D eigenvalue weighted by Crippen LogP contribution is -2.17. The number of carboxylic acids is 1. The lowest BCUT2D eigenvalue weighted by molar-refractivity contribution is 0.0699. The van der Waals surface area contributed by atoms with Crippen molar-refractivity contribution in [3.8, 4) is 0 Å². The number of hydrogen-bond acceptors (Lipinski definition) is 2. The van der Waals surface area contributed by atoms with Gasteiger partial charge in [0, 0.05) is 12.5 Å². The van der Waals surface area contributed by atoms with Crippen LogP contribution < -0.4 is 0 Å². The van der Waals surface area contributed by atoms with Gasteiger partial charge in [0.05, 0.1) is 11.1 Å². The van der Waals surface area contributed by atoms with Crippen LogP contribution in [0.25, 0.3) is 11.0 Å². The first-order chi connectivity index (χ1) is 10.0. The van der Waals surface area contributed by atoms with E-state index in [2.05, 4.69) is 37.2 Å². The van der Waals surface area contributed by atoms with Crippen molar-refractivity contribution >= 4 is 17.0 Å². The molecule has 4 heteroatoms. The fourth-order valence-corrected chi connectivity index (χ4v) is 3.22. The van der Waals surface area contributed by atoms with Crippen LogP contribution >= 0.6 is 0 Å². The van der Waals surface area contributed by atoms with Gasteiger partial charge in [-0.2, -0.15) is 0 Å². The Morgan fingerprint density at radius 3 is 2.48 bits per heavy atom. The number of aromatic nitrogens is 2. The number of nitrogens with zero attached hydrogens (tertiary/aromatic N) is 2. The van der Waals surface area contributed by atoms with Gasteiger partial charge < -0.3 is 9.67 Å². The van der Waals surface area contributed by atoms with Gasteiger partial charge >= 0.3 is 5.97 Å². The minimum Gasteiger partial charge on any atom is -0.478 e. The summed E-state index contributed by atoms with van der Waals surface area (Å²) in [6.07, 6.45) is 3.02. The van der Waals surface area contributed by atoms with Crippen molar-refractivity contribution in [2.75, 3.05) is 0 Å². The van der Waals surface area contributed by atoms with E-state index in [0.29, 0.717) is 17.5 Å². The molecule has 0 bridgehead atoms. The van der Waals surface area contributed by atoms with Gasteiger partial charge in [-0.05, 0) is 25.0 Å². The Bertz CT molecular complexity index is 642. The lowest BCUT2D eigenvalue weighted by Gasteiger charge is -2.25. The van der Waals surface area contributed by atoms with Crippen LogP contribution in [-0.2, 0) is 6.42 Å².